The van der Waals surface area contributed by atoms with Gasteiger partial charge < -0.3 is 5.11 Å². The van der Waals surface area contributed by atoms with Crippen LogP contribution in [0.1, 0.15) is 38.7 Å². The van der Waals surface area contributed by atoms with Crippen molar-refractivity contribution in [2.75, 3.05) is 6.61 Å². The lowest BCUT2D eigenvalue weighted by atomic mass is 10.1. The molecule has 2 heteroatoms. The molecule has 0 fully saturated rings. The average Bonchev–Trinajstić information content (AvgIpc) is 2.19. The van der Waals surface area contributed by atoms with Crippen LogP contribution in [0.25, 0.3) is 0 Å². The molecule has 0 aliphatic heterocycles. The van der Waals surface area contributed by atoms with Crippen LogP contribution < -0.4 is 0 Å². The van der Waals surface area contributed by atoms with Gasteiger partial charge in [-0.3, -0.25) is 4.98 Å². The number of rotatable bonds is 2. The standard InChI is InChI=1S/C8H11NO.C3H8/c1-7(6-10)8-3-2-4-9-5-8;1-3-2/h2-5,7,10H,6H2,1H3;3H2,1-2H3. The van der Waals surface area contributed by atoms with E-state index >= 15 is 0 Å². The second-order valence-electron chi connectivity index (χ2n) is 3.08. The molecule has 1 unspecified atom stereocenters. The Balaban J connectivity index is 0.000000424. The Bertz CT molecular complexity index is 199. The van der Waals surface area contributed by atoms with Gasteiger partial charge in [-0.2, -0.15) is 0 Å². The molecule has 74 valence electrons. The Kier molecular flexibility index (Phi) is 7.21. The first-order chi connectivity index (χ1) is 6.26. The molecule has 2 nitrogen and oxygen atoms in total. The molecule has 0 aliphatic carbocycles. The quantitative estimate of drug-likeness (QED) is 0.760. The van der Waals surface area contributed by atoms with Crippen molar-refractivity contribution in [1.82, 2.24) is 4.98 Å². The van der Waals surface area contributed by atoms with Crippen LogP contribution in [0.3, 0.4) is 0 Å². The van der Waals surface area contributed by atoms with Gasteiger partial charge in [0.2, 0.25) is 0 Å². The molecule has 0 radical (unpaired) electrons. The summed E-state index contributed by atoms with van der Waals surface area (Å²) in [5, 5.41) is 8.76. The van der Waals surface area contributed by atoms with E-state index in [1.165, 1.54) is 6.42 Å². The van der Waals surface area contributed by atoms with Crippen molar-refractivity contribution in [1.29, 1.82) is 0 Å². The second-order valence-corrected chi connectivity index (χ2v) is 3.08. The molecule has 13 heavy (non-hydrogen) atoms. The average molecular weight is 181 g/mol. The Morgan fingerprint density at radius 1 is 1.46 bits per heavy atom. The summed E-state index contributed by atoms with van der Waals surface area (Å²) in [7, 11) is 0. The summed E-state index contributed by atoms with van der Waals surface area (Å²) in [4.78, 5) is 3.94. The van der Waals surface area contributed by atoms with Crippen molar-refractivity contribution in [3.8, 4) is 0 Å². The summed E-state index contributed by atoms with van der Waals surface area (Å²) < 4.78 is 0. The zero-order chi connectivity index (χ0) is 10.1. The zero-order valence-corrected chi connectivity index (χ0v) is 8.70. The fraction of sp³-hybridized carbons (Fsp3) is 0.545. The predicted octanol–water partition coefficient (Wildman–Crippen LogP) is 2.59. The summed E-state index contributed by atoms with van der Waals surface area (Å²) in [5.74, 6) is 0.202. The van der Waals surface area contributed by atoms with Crippen molar-refractivity contribution < 1.29 is 5.11 Å². The van der Waals surface area contributed by atoms with E-state index in [1.54, 1.807) is 12.4 Å². The molecule has 0 saturated carbocycles. The van der Waals surface area contributed by atoms with Gasteiger partial charge in [0, 0.05) is 24.9 Å². The summed E-state index contributed by atoms with van der Waals surface area (Å²) in [6.45, 7) is 6.41. The predicted molar refractivity (Wildman–Crippen MR) is 55.7 cm³/mol. The third-order valence-electron chi connectivity index (χ3n) is 1.53. The van der Waals surface area contributed by atoms with Gasteiger partial charge in [-0.25, -0.2) is 0 Å². The van der Waals surface area contributed by atoms with Crippen LogP contribution >= 0.6 is 0 Å². The minimum atomic E-state index is 0.186. The number of nitrogens with zero attached hydrogens (tertiary/aromatic N) is 1. The third kappa shape index (κ3) is 5.36. The lowest BCUT2D eigenvalue weighted by molar-refractivity contribution is 0.273. The molecule has 1 atom stereocenters. The lowest BCUT2D eigenvalue weighted by Gasteiger charge is -2.05. The van der Waals surface area contributed by atoms with Gasteiger partial charge in [-0.1, -0.05) is 33.3 Å². The van der Waals surface area contributed by atoms with E-state index in [9.17, 15) is 0 Å². The monoisotopic (exact) mass is 181 g/mol. The van der Waals surface area contributed by atoms with Crippen LogP contribution in [0.2, 0.25) is 0 Å². The molecule has 1 aromatic rings. The first kappa shape index (κ1) is 12.1. The van der Waals surface area contributed by atoms with Crippen LogP contribution in [-0.4, -0.2) is 16.7 Å². The molecule has 0 saturated heterocycles. The van der Waals surface area contributed by atoms with Gasteiger partial charge in [0.1, 0.15) is 0 Å². The number of hydrogen-bond acceptors (Lipinski definition) is 2. The van der Waals surface area contributed by atoms with E-state index < -0.39 is 0 Å². The fourth-order valence-corrected chi connectivity index (χ4v) is 0.773. The van der Waals surface area contributed by atoms with Crippen molar-refractivity contribution in [2.45, 2.75) is 33.1 Å². The molecule has 0 spiro atoms. The minimum absolute atomic E-state index is 0.186. The molecular formula is C11H19NO. The van der Waals surface area contributed by atoms with Crippen molar-refractivity contribution in [3.05, 3.63) is 30.1 Å². The van der Waals surface area contributed by atoms with Gasteiger partial charge >= 0.3 is 0 Å². The van der Waals surface area contributed by atoms with Gasteiger partial charge in [0.25, 0.3) is 0 Å². The summed E-state index contributed by atoms with van der Waals surface area (Å²) >= 11 is 0. The molecule has 1 N–H and O–H groups in total. The van der Waals surface area contributed by atoms with Crippen LogP contribution in [0.15, 0.2) is 24.5 Å². The van der Waals surface area contributed by atoms with Gasteiger partial charge in [0.15, 0.2) is 0 Å². The van der Waals surface area contributed by atoms with Crippen LogP contribution in [0, 0.1) is 0 Å². The summed E-state index contributed by atoms with van der Waals surface area (Å²) in [5.41, 5.74) is 1.09. The molecule has 1 rings (SSSR count). The Labute approximate surface area is 80.6 Å². The Morgan fingerprint density at radius 2 is 2.08 bits per heavy atom. The van der Waals surface area contributed by atoms with Crippen LogP contribution in [0.4, 0.5) is 0 Å². The summed E-state index contributed by atoms with van der Waals surface area (Å²) in [6, 6.07) is 3.84. The maximum Gasteiger partial charge on any atom is 0.0497 e. The van der Waals surface area contributed by atoms with Gasteiger partial charge in [-0.05, 0) is 11.6 Å². The van der Waals surface area contributed by atoms with Crippen molar-refractivity contribution in [2.24, 2.45) is 0 Å². The first-order valence-electron chi connectivity index (χ1n) is 4.77. The highest BCUT2D eigenvalue weighted by Crippen LogP contribution is 2.10. The summed E-state index contributed by atoms with van der Waals surface area (Å²) in [6.07, 6.45) is 4.76. The third-order valence-corrected chi connectivity index (χ3v) is 1.53. The van der Waals surface area contributed by atoms with Gasteiger partial charge in [0.05, 0.1) is 0 Å². The zero-order valence-electron chi connectivity index (χ0n) is 8.70. The highest BCUT2D eigenvalue weighted by molar-refractivity contribution is 5.13. The molecular weight excluding hydrogens is 162 g/mol. The highest BCUT2D eigenvalue weighted by atomic mass is 16.3. The molecule has 1 aromatic heterocycles. The van der Waals surface area contributed by atoms with E-state index in [0.717, 1.165) is 5.56 Å². The second kappa shape index (κ2) is 7.74. The van der Waals surface area contributed by atoms with E-state index in [4.69, 9.17) is 5.11 Å². The van der Waals surface area contributed by atoms with E-state index in [1.807, 2.05) is 19.1 Å². The number of aliphatic hydroxyl groups is 1. The minimum Gasteiger partial charge on any atom is -0.396 e. The number of pyridine rings is 1. The smallest absolute Gasteiger partial charge is 0.0497 e. The largest absolute Gasteiger partial charge is 0.396 e. The maximum absolute atomic E-state index is 8.76. The molecule has 0 amide bonds. The molecule has 0 bridgehead atoms. The normalized spacial score (nSPS) is 11.4. The van der Waals surface area contributed by atoms with E-state index in [2.05, 4.69) is 18.8 Å². The lowest BCUT2D eigenvalue weighted by Crippen LogP contribution is -1.98. The van der Waals surface area contributed by atoms with Gasteiger partial charge in [-0.15, -0.1) is 0 Å². The molecule has 1 heterocycles. The highest BCUT2D eigenvalue weighted by Gasteiger charge is 2.00. The maximum atomic E-state index is 8.76. The number of aromatic nitrogens is 1. The number of aliphatic hydroxyl groups excluding tert-OH is 1. The Morgan fingerprint density at radius 3 is 2.46 bits per heavy atom. The number of hydrogen-bond donors (Lipinski definition) is 1. The van der Waals surface area contributed by atoms with E-state index in [-0.39, 0.29) is 12.5 Å². The topological polar surface area (TPSA) is 33.1 Å². The SMILES string of the molecule is CC(CO)c1cccnc1.CCC. The van der Waals surface area contributed by atoms with Crippen LogP contribution in [-0.2, 0) is 0 Å². The van der Waals surface area contributed by atoms with Crippen LogP contribution in [0.5, 0.6) is 0 Å². The molecule has 0 aromatic carbocycles. The van der Waals surface area contributed by atoms with E-state index in [0.29, 0.717) is 0 Å². The first-order valence-corrected chi connectivity index (χ1v) is 4.77. The van der Waals surface area contributed by atoms with Crippen molar-refractivity contribution >= 4 is 0 Å². The Hall–Kier alpha value is -0.890. The fourth-order valence-electron chi connectivity index (χ4n) is 0.773. The molecule has 0 aliphatic rings. The van der Waals surface area contributed by atoms with Crippen molar-refractivity contribution in [3.63, 3.8) is 0 Å².